The van der Waals surface area contributed by atoms with E-state index in [0.717, 1.165) is 32.1 Å². The van der Waals surface area contributed by atoms with Crippen LogP contribution in [0.4, 0.5) is 0 Å². The predicted molar refractivity (Wildman–Crippen MR) is 213 cm³/mol. The minimum atomic E-state index is -4.44. The molecule has 0 bridgehead atoms. The van der Waals surface area contributed by atoms with Crippen LogP contribution < -0.4 is 5.32 Å². The molecule has 0 aliphatic carbocycles. The highest BCUT2D eigenvalue weighted by Gasteiger charge is 2.27. The van der Waals surface area contributed by atoms with Gasteiger partial charge in [0.25, 0.3) is 10.1 Å². The van der Waals surface area contributed by atoms with Crippen LogP contribution >= 0.6 is 0 Å². The summed E-state index contributed by atoms with van der Waals surface area (Å²) in [5.41, 5.74) is 0. The van der Waals surface area contributed by atoms with E-state index in [4.69, 9.17) is 0 Å². The molecular formula is C42H81NO6S. The smallest absolute Gasteiger partial charge is 0.267 e. The average Bonchev–Trinajstić information content (AvgIpc) is 3.08. The topological polar surface area (TPSA) is 124 Å². The summed E-state index contributed by atoms with van der Waals surface area (Å²) >= 11 is 0. The number of aliphatic hydroxyl groups excluding tert-OH is 2. The van der Waals surface area contributed by atoms with E-state index < -0.39 is 40.0 Å². The number of nitrogens with one attached hydrogen (secondary N) is 1. The Morgan fingerprint density at radius 2 is 0.900 bits per heavy atom. The van der Waals surface area contributed by atoms with Crippen molar-refractivity contribution in [3.05, 3.63) is 24.3 Å². The minimum Gasteiger partial charge on any atom is -0.387 e. The third-order valence-corrected chi connectivity index (χ3v) is 10.5. The van der Waals surface area contributed by atoms with E-state index in [1.54, 1.807) is 6.08 Å². The fourth-order valence-electron chi connectivity index (χ4n) is 6.47. The van der Waals surface area contributed by atoms with Gasteiger partial charge >= 0.3 is 0 Å². The van der Waals surface area contributed by atoms with Crippen LogP contribution in [0.1, 0.15) is 213 Å². The van der Waals surface area contributed by atoms with Crippen LogP contribution in [0.5, 0.6) is 0 Å². The summed E-state index contributed by atoms with van der Waals surface area (Å²) in [5, 5.41) is 23.3. The molecule has 7 nitrogen and oxygen atoms in total. The summed E-state index contributed by atoms with van der Waals surface area (Å²) in [4.78, 5) is 12.6. The third-order valence-electron chi connectivity index (χ3n) is 9.74. The van der Waals surface area contributed by atoms with E-state index in [1.165, 1.54) is 154 Å². The van der Waals surface area contributed by atoms with Crippen LogP contribution in [-0.4, -0.2) is 53.1 Å². The normalized spacial score (nSPS) is 14.1. The lowest BCUT2D eigenvalue weighted by atomic mass is 10.0. The Hall–Kier alpha value is -1.22. The van der Waals surface area contributed by atoms with Crippen molar-refractivity contribution in [2.24, 2.45) is 0 Å². The molecule has 0 saturated carbocycles. The van der Waals surface area contributed by atoms with E-state index in [1.807, 2.05) is 0 Å². The molecule has 3 atom stereocenters. The summed E-state index contributed by atoms with van der Waals surface area (Å²) in [6, 6.07) is -1.24. The van der Waals surface area contributed by atoms with E-state index in [-0.39, 0.29) is 6.42 Å². The number of hydrogen-bond acceptors (Lipinski definition) is 5. The van der Waals surface area contributed by atoms with Gasteiger partial charge in [-0.05, 0) is 32.1 Å². The molecular weight excluding hydrogens is 647 g/mol. The van der Waals surface area contributed by atoms with Gasteiger partial charge in [-0.1, -0.05) is 205 Å². The molecule has 4 N–H and O–H groups in total. The van der Waals surface area contributed by atoms with Gasteiger partial charge < -0.3 is 15.5 Å². The molecule has 3 unspecified atom stereocenters. The number of carbonyl (C=O) groups is 1. The Morgan fingerprint density at radius 3 is 1.32 bits per heavy atom. The second kappa shape index (κ2) is 36.2. The Balaban J connectivity index is 3.91. The molecule has 0 saturated heterocycles. The number of rotatable bonds is 38. The Kier molecular flexibility index (Phi) is 35.3. The second-order valence-corrected chi connectivity index (χ2v) is 16.3. The zero-order chi connectivity index (χ0) is 37.0. The highest BCUT2D eigenvalue weighted by molar-refractivity contribution is 7.85. The first-order chi connectivity index (χ1) is 24.2. The van der Waals surface area contributed by atoms with Crippen molar-refractivity contribution in [1.29, 1.82) is 0 Å². The van der Waals surface area contributed by atoms with Crippen molar-refractivity contribution < 1.29 is 28.0 Å². The Morgan fingerprint density at radius 1 is 0.540 bits per heavy atom. The van der Waals surface area contributed by atoms with Crippen molar-refractivity contribution in [2.75, 3.05) is 5.75 Å². The van der Waals surface area contributed by atoms with Gasteiger partial charge in [-0.15, -0.1) is 0 Å². The van der Waals surface area contributed by atoms with Gasteiger partial charge in [0, 0.05) is 0 Å². The van der Waals surface area contributed by atoms with Crippen LogP contribution in [0, 0.1) is 0 Å². The molecule has 0 aromatic heterocycles. The number of allylic oxidation sites excluding steroid dienone is 3. The molecule has 50 heavy (non-hydrogen) atoms. The lowest BCUT2D eigenvalue weighted by Gasteiger charge is -2.22. The standard InChI is InChI=1S/C42H81NO6S/c1-3-5-7-9-11-13-15-16-17-18-19-20-21-22-23-24-25-27-29-31-33-35-37-41(45)42(46)43-39(38-50(47,48)49)40(44)36-34-32-30-28-26-14-12-10-8-6-4-2/h26,28,34,36,39-41,44-45H,3-25,27,29-33,35,37-38H2,1-2H3,(H,43,46)(H,47,48,49)/b28-26+,36-34+. The minimum absolute atomic E-state index is 0.278. The van der Waals surface area contributed by atoms with Crippen LogP contribution in [0.15, 0.2) is 24.3 Å². The zero-order valence-corrected chi connectivity index (χ0v) is 33.5. The molecule has 0 aliphatic heterocycles. The lowest BCUT2D eigenvalue weighted by molar-refractivity contribution is -0.130. The van der Waals surface area contributed by atoms with Crippen molar-refractivity contribution in [3.8, 4) is 0 Å². The highest BCUT2D eigenvalue weighted by atomic mass is 32.2. The summed E-state index contributed by atoms with van der Waals surface area (Å²) in [6.07, 6.45) is 42.5. The van der Waals surface area contributed by atoms with Crippen molar-refractivity contribution >= 4 is 16.0 Å². The van der Waals surface area contributed by atoms with Crippen molar-refractivity contribution in [1.82, 2.24) is 5.32 Å². The van der Waals surface area contributed by atoms with E-state index in [9.17, 15) is 28.0 Å². The Labute approximate surface area is 309 Å². The Bertz CT molecular complexity index is 906. The predicted octanol–water partition coefficient (Wildman–Crippen LogP) is 11.3. The van der Waals surface area contributed by atoms with Crippen molar-refractivity contribution in [2.45, 2.75) is 231 Å². The number of hydrogen-bond donors (Lipinski definition) is 4. The van der Waals surface area contributed by atoms with Gasteiger partial charge in [-0.25, -0.2) is 0 Å². The van der Waals surface area contributed by atoms with Gasteiger partial charge in [0.1, 0.15) is 6.10 Å². The van der Waals surface area contributed by atoms with Crippen LogP contribution in [-0.2, 0) is 14.9 Å². The number of carbonyl (C=O) groups excluding carboxylic acids is 1. The fraction of sp³-hybridized carbons (Fsp3) is 0.881. The fourth-order valence-corrected chi connectivity index (χ4v) is 7.21. The van der Waals surface area contributed by atoms with Gasteiger partial charge in [0.05, 0.1) is 17.9 Å². The average molecular weight is 728 g/mol. The molecule has 0 aromatic carbocycles. The monoisotopic (exact) mass is 728 g/mol. The molecule has 8 heteroatoms. The molecule has 0 aromatic rings. The number of aliphatic hydroxyl groups is 2. The summed E-state index contributed by atoms with van der Waals surface area (Å²) in [6.45, 7) is 4.48. The van der Waals surface area contributed by atoms with E-state index in [0.29, 0.717) is 12.8 Å². The number of amides is 1. The summed E-state index contributed by atoms with van der Waals surface area (Å²) < 4.78 is 32.4. The van der Waals surface area contributed by atoms with E-state index in [2.05, 4.69) is 31.3 Å². The molecule has 0 aliphatic rings. The SMILES string of the molecule is CCCCCCC/C=C/CC/C=C/C(O)C(CS(=O)(=O)O)NC(=O)C(O)CCCCCCCCCCCCCCCCCCCCCCCC. The lowest BCUT2D eigenvalue weighted by Crippen LogP contribution is -2.50. The first-order valence-corrected chi connectivity index (χ1v) is 22.8. The molecule has 0 radical (unpaired) electrons. The van der Waals surface area contributed by atoms with Crippen LogP contribution in [0.3, 0.4) is 0 Å². The van der Waals surface area contributed by atoms with Gasteiger partial charge in [0.15, 0.2) is 0 Å². The number of unbranched alkanes of at least 4 members (excludes halogenated alkanes) is 27. The van der Waals surface area contributed by atoms with Gasteiger partial charge in [-0.2, -0.15) is 8.42 Å². The van der Waals surface area contributed by atoms with Crippen LogP contribution in [0.2, 0.25) is 0 Å². The highest BCUT2D eigenvalue weighted by Crippen LogP contribution is 2.16. The maximum Gasteiger partial charge on any atom is 0.267 e. The molecule has 296 valence electrons. The van der Waals surface area contributed by atoms with Crippen molar-refractivity contribution in [3.63, 3.8) is 0 Å². The molecule has 0 spiro atoms. The molecule has 0 heterocycles. The molecule has 0 rings (SSSR count). The third kappa shape index (κ3) is 35.2. The zero-order valence-electron chi connectivity index (χ0n) is 32.6. The van der Waals surface area contributed by atoms with Gasteiger partial charge in [-0.3, -0.25) is 9.35 Å². The quantitative estimate of drug-likeness (QED) is 0.0285. The second-order valence-electron chi connectivity index (χ2n) is 14.8. The summed E-state index contributed by atoms with van der Waals surface area (Å²) in [7, 11) is -4.44. The first-order valence-electron chi connectivity index (χ1n) is 21.1. The molecule has 1 amide bonds. The van der Waals surface area contributed by atoms with Gasteiger partial charge in [0.2, 0.25) is 5.91 Å². The maximum atomic E-state index is 12.6. The largest absolute Gasteiger partial charge is 0.387 e. The van der Waals surface area contributed by atoms with Crippen LogP contribution in [0.25, 0.3) is 0 Å². The first kappa shape index (κ1) is 48.8. The molecule has 0 fully saturated rings. The van der Waals surface area contributed by atoms with E-state index >= 15 is 0 Å². The summed E-state index contributed by atoms with van der Waals surface area (Å²) in [5.74, 6) is -1.55. The maximum absolute atomic E-state index is 12.6.